The Balaban J connectivity index is 1.30. The number of likely N-dealkylation sites (tertiary alicyclic amines) is 1. The number of nitrogens with zero attached hydrogens (tertiary/aromatic N) is 5. The summed E-state index contributed by atoms with van der Waals surface area (Å²) in [6, 6.07) is 21.6. The molecule has 0 saturated carbocycles. The number of carbonyl (C=O) groups is 1. The van der Waals surface area contributed by atoms with Gasteiger partial charge >= 0.3 is 6.03 Å². The second kappa shape index (κ2) is 11.5. The Morgan fingerprint density at radius 2 is 1.83 bits per heavy atom. The Morgan fingerprint density at radius 3 is 2.59 bits per heavy atom. The van der Waals surface area contributed by atoms with Crippen molar-refractivity contribution >= 4 is 23.1 Å². The zero-order chi connectivity index (χ0) is 28.3. The molecule has 0 spiro atoms. The smallest absolute Gasteiger partial charge is 0.320 e. The number of urea groups is 1. The van der Waals surface area contributed by atoms with E-state index in [1.54, 1.807) is 24.9 Å². The lowest BCUT2D eigenvalue weighted by atomic mass is 9.94. The first-order valence-corrected chi connectivity index (χ1v) is 13.7. The minimum Gasteiger partial charge on any atom is -0.439 e. The third-order valence-corrected chi connectivity index (χ3v) is 7.53. The number of ether oxygens (including phenoxy) is 1. The van der Waals surface area contributed by atoms with Gasteiger partial charge in [0.25, 0.3) is 0 Å². The molecule has 3 aromatic heterocycles. The maximum Gasteiger partial charge on any atom is 0.320 e. The van der Waals surface area contributed by atoms with Gasteiger partial charge in [-0.25, -0.2) is 14.5 Å². The zero-order valence-corrected chi connectivity index (χ0v) is 23.4. The first-order chi connectivity index (χ1) is 20.0. The summed E-state index contributed by atoms with van der Waals surface area (Å²) in [6.07, 6.45) is 1.73. The summed E-state index contributed by atoms with van der Waals surface area (Å²) in [4.78, 5) is 24.7. The summed E-state index contributed by atoms with van der Waals surface area (Å²) in [5.74, 6) is 1.30. The monoisotopic (exact) mass is 551 g/mol. The number of hydrogen-bond donors (Lipinski definition) is 2. The molecular weight excluding hydrogens is 518 g/mol. The molecule has 1 fully saturated rings. The number of anilines is 1. The maximum absolute atomic E-state index is 13.6. The largest absolute Gasteiger partial charge is 0.439 e. The number of aryl methyl sites for hydroxylation is 1. The van der Waals surface area contributed by atoms with Crippen molar-refractivity contribution < 1.29 is 13.9 Å². The number of aromatic nitrogens is 4. The Labute approximate surface area is 238 Å². The van der Waals surface area contributed by atoms with Crippen LogP contribution >= 0.6 is 0 Å². The van der Waals surface area contributed by atoms with Crippen LogP contribution in [0.25, 0.3) is 28.2 Å². The molecule has 10 heteroatoms. The molecule has 0 unspecified atom stereocenters. The Bertz CT molecular complexity index is 1650. The number of benzene rings is 2. The number of rotatable bonds is 8. The fraction of sp³-hybridized carbons (Fsp3) is 0.290. The van der Waals surface area contributed by atoms with E-state index < -0.39 is 0 Å². The quantitative estimate of drug-likeness (QED) is 0.281. The number of methoxy groups -OCH3 is 1. The van der Waals surface area contributed by atoms with Gasteiger partial charge in [0.2, 0.25) is 0 Å². The number of fused-ring (bicyclic) bond motifs is 1. The van der Waals surface area contributed by atoms with Crippen LogP contribution in [0.5, 0.6) is 0 Å². The lowest BCUT2D eigenvalue weighted by Crippen LogP contribution is -2.42. The average Bonchev–Trinajstić information content (AvgIpc) is 3.66. The van der Waals surface area contributed by atoms with E-state index in [4.69, 9.17) is 14.3 Å². The predicted octanol–water partition coefficient (Wildman–Crippen LogP) is 4.93. The van der Waals surface area contributed by atoms with E-state index in [0.717, 1.165) is 36.4 Å². The lowest BCUT2D eigenvalue weighted by Gasteiger charge is -2.21. The van der Waals surface area contributed by atoms with Gasteiger partial charge in [-0.2, -0.15) is 10.1 Å². The Morgan fingerprint density at radius 1 is 1.07 bits per heavy atom. The molecule has 0 bridgehead atoms. The minimum absolute atomic E-state index is 0.0663. The van der Waals surface area contributed by atoms with Crippen LogP contribution in [0.2, 0.25) is 0 Å². The van der Waals surface area contributed by atoms with Crippen LogP contribution in [-0.2, 0) is 4.74 Å². The molecule has 6 rings (SSSR count). The summed E-state index contributed by atoms with van der Waals surface area (Å²) in [5, 5.41) is 11.3. The highest BCUT2D eigenvalue weighted by Gasteiger charge is 2.35. The SMILES string of the molecule is COCCN1C[C@@H](NC(=O)Nc2c(C)c(-c3cnc4nc(C)oc4c3)nn2-c2ccccc2)[C@H](c2ccccc2)C1. The van der Waals surface area contributed by atoms with E-state index in [1.807, 2.05) is 61.5 Å². The van der Waals surface area contributed by atoms with Gasteiger partial charge in [-0.05, 0) is 30.7 Å². The fourth-order valence-corrected chi connectivity index (χ4v) is 5.51. The number of pyridine rings is 1. The molecule has 41 heavy (non-hydrogen) atoms. The normalized spacial score (nSPS) is 17.2. The summed E-state index contributed by atoms with van der Waals surface area (Å²) in [5.41, 5.74) is 5.46. The molecule has 0 aliphatic carbocycles. The van der Waals surface area contributed by atoms with E-state index >= 15 is 0 Å². The second-order valence-electron chi connectivity index (χ2n) is 10.3. The number of carbonyl (C=O) groups excluding carboxylic acids is 1. The number of oxazole rings is 1. The van der Waals surface area contributed by atoms with E-state index in [9.17, 15) is 4.79 Å². The lowest BCUT2D eigenvalue weighted by molar-refractivity contribution is 0.159. The number of hydrogen-bond acceptors (Lipinski definition) is 7. The molecule has 4 heterocycles. The van der Waals surface area contributed by atoms with Crippen LogP contribution in [0, 0.1) is 13.8 Å². The summed E-state index contributed by atoms with van der Waals surface area (Å²) in [6.45, 7) is 6.78. The predicted molar refractivity (Wildman–Crippen MR) is 157 cm³/mol. The molecule has 1 saturated heterocycles. The molecule has 2 N–H and O–H groups in total. The molecule has 10 nitrogen and oxygen atoms in total. The fourth-order valence-electron chi connectivity index (χ4n) is 5.51. The Hall–Kier alpha value is -4.54. The molecule has 1 aliphatic rings. The zero-order valence-electron chi connectivity index (χ0n) is 23.4. The molecule has 1 aliphatic heterocycles. The summed E-state index contributed by atoms with van der Waals surface area (Å²) < 4.78 is 12.8. The van der Waals surface area contributed by atoms with Crippen molar-refractivity contribution in [1.82, 2.24) is 30.0 Å². The molecule has 2 atom stereocenters. The van der Waals surface area contributed by atoms with Gasteiger partial charge in [0, 0.05) is 56.9 Å². The molecule has 5 aromatic rings. The van der Waals surface area contributed by atoms with Crippen LogP contribution in [0.1, 0.15) is 22.9 Å². The summed E-state index contributed by atoms with van der Waals surface area (Å²) >= 11 is 0. The van der Waals surface area contributed by atoms with Crippen LogP contribution in [-0.4, -0.2) is 70.1 Å². The van der Waals surface area contributed by atoms with Crippen molar-refractivity contribution in [3.63, 3.8) is 0 Å². The van der Waals surface area contributed by atoms with Gasteiger partial charge in [0.15, 0.2) is 17.1 Å². The molecule has 2 amide bonds. The highest BCUT2D eigenvalue weighted by molar-refractivity contribution is 5.91. The van der Waals surface area contributed by atoms with Crippen molar-refractivity contribution in [2.75, 3.05) is 38.7 Å². The number of para-hydroxylation sites is 1. The van der Waals surface area contributed by atoms with Crippen molar-refractivity contribution in [2.45, 2.75) is 25.8 Å². The third-order valence-electron chi connectivity index (χ3n) is 7.53. The van der Waals surface area contributed by atoms with Crippen molar-refractivity contribution in [3.8, 4) is 16.9 Å². The first-order valence-electron chi connectivity index (χ1n) is 13.7. The Kier molecular flexibility index (Phi) is 7.49. The average molecular weight is 552 g/mol. The number of amides is 2. The van der Waals surface area contributed by atoms with Gasteiger partial charge in [0.05, 0.1) is 24.0 Å². The van der Waals surface area contributed by atoms with Crippen LogP contribution in [0.4, 0.5) is 10.6 Å². The van der Waals surface area contributed by atoms with E-state index in [2.05, 4.69) is 37.6 Å². The van der Waals surface area contributed by atoms with Gasteiger partial charge in [0.1, 0.15) is 5.82 Å². The third kappa shape index (κ3) is 5.57. The van der Waals surface area contributed by atoms with Crippen LogP contribution < -0.4 is 10.6 Å². The van der Waals surface area contributed by atoms with Gasteiger partial charge in [-0.3, -0.25) is 10.2 Å². The molecule has 210 valence electrons. The molecule has 0 radical (unpaired) electrons. The topological polar surface area (TPSA) is 110 Å². The molecular formula is C31H33N7O3. The van der Waals surface area contributed by atoms with Gasteiger partial charge < -0.3 is 14.5 Å². The second-order valence-corrected chi connectivity index (χ2v) is 10.3. The number of nitrogens with one attached hydrogen (secondary N) is 2. The van der Waals surface area contributed by atoms with Crippen LogP contribution in [0.15, 0.2) is 77.3 Å². The highest BCUT2D eigenvalue weighted by Crippen LogP contribution is 2.32. The van der Waals surface area contributed by atoms with Crippen LogP contribution in [0.3, 0.4) is 0 Å². The van der Waals surface area contributed by atoms with Gasteiger partial charge in [-0.1, -0.05) is 48.5 Å². The summed E-state index contributed by atoms with van der Waals surface area (Å²) in [7, 11) is 1.71. The standard InChI is InChI=1S/C31H33N7O3/c1-20-28(23-16-27-29(32-17-23)33-21(2)41-27)36-38(24-12-8-5-9-13-24)30(20)35-31(39)34-26-19-37(14-15-40-3)18-25(26)22-10-6-4-7-11-22/h4-13,16-17,25-26H,14-15,18-19H2,1-3H3,(H2,34,35,39)/t25-,26+/m0/s1. The van der Waals surface area contributed by atoms with E-state index in [-0.39, 0.29) is 18.0 Å². The first kappa shape index (κ1) is 26.7. The maximum atomic E-state index is 13.6. The molecule has 2 aromatic carbocycles. The van der Waals surface area contributed by atoms with Gasteiger partial charge in [-0.15, -0.1) is 0 Å². The minimum atomic E-state index is -0.282. The van der Waals surface area contributed by atoms with Crippen molar-refractivity contribution in [2.24, 2.45) is 0 Å². The van der Waals surface area contributed by atoms with Crippen molar-refractivity contribution in [1.29, 1.82) is 0 Å². The van der Waals surface area contributed by atoms with Crippen molar-refractivity contribution in [3.05, 3.63) is 89.9 Å². The highest BCUT2D eigenvalue weighted by atomic mass is 16.5. The van der Waals surface area contributed by atoms with E-state index in [0.29, 0.717) is 35.2 Å². The van der Waals surface area contributed by atoms with E-state index in [1.165, 1.54) is 5.56 Å².